The summed E-state index contributed by atoms with van der Waals surface area (Å²) in [4.78, 5) is 27.4. The monoisotopic (exact) mass is 702 g/mol. The maximum Gasteiger partial charge on any atom is 0.510 e. The van der Waals surface area contributed by atoms with E-state index >= 15 is 0 Å². The number of esters is 1. The summed E-state index contributed by atoms with van der Waals surface area (Å²) in [5.41, 5.74) is -0.366. The summed E-state index contributed by atoms with van der Waals surface area (Å²) in [6.45, 7) is 6.71. The third kappa shape index (κ3) is 10.5. The van der Waals surface area contributed by atoms with E-state index in [1.807, 2.05) is 60.7 Å². The van der Waals surface area contributed by atoms with Crippen LogP contribution in [-0.2, 0) is 29.3 Å². The van der Waals surface area contributed by atoms with Crippen molar-refractivity contribution >= 4 is 12.1 Å². The number of allylic oxidation sites excluding steroid dienone is 2. The second kappa shape index (κ2) is 20.2. The van der Waals surface area contributed by atoms with Gasteiger partial charge in [-0.15, -0.1) is 0 Å². The van der Waals surface area contributed by atoms with Crippen molar-refractivity contribution in [3.8, 4) is 0 Å². The average Bonchev–Trinajstić information content (AvgIpc) is 3.69. The summed E-state index contributed by atoms with van der Waals surface area (Å²) < 4.78 is 25.3. The Balaban J connectivity index is 1.11. The van der Waals surface area contributed by atoms with Gasteiger partial charge in [-0.25, -0.2) is 9.59 Å². The number of hydrogen-bond acceptors (Lipinski definition) is 6. The molecule has 0 amide bonds. The van der Waals surface area contributed by atoms with Crippen molar-refractivity contribution in [3.05, 3.63) is 83.9 Å². The number of ether oxygens (including phenoxy) is 4. The van der Waals surface area contributed by atoms with Gasteiger partial charge in [0, 0.05) is 38.5 Å². The molecule has 2 aromatic carbocycles. The maximum absolute atomic E-state index is 14.6. The molecule has 3 fully saturated rings. The van der Waals surface area contributed by atoms with Crippen molar-refractivity contribution < 1.29 is 33.0 Å². The Morgan fingerprint density at radius 2 is 1.29 bits per heavy atom. The summed E-state index contributed by atoms with van der Waals surface area (Å²) in [5.74, 6) is -0.472. The lowest BCUT2D eigenvalue weighted by Gasteiger charge is -2.47. The van der Waals surface area contributed by atoms with Gasteiger partial charge in [-0.3, -0.25) is 0 Å². The second-order valence-corrected chi connectivity index (χ2v) is 15.2. The van der Waals surface area contributed by atoms with Crippen LogP contribution < -0.4 is 0 Å². The van der Waals surface area contributed by atoms with E-state index in [1.54, 1.807) is 6.92 Å². The summed E-state index contributed by atoms with van der Waals surface area (Å²) >= 11 is 0. The molecule has 0 aromatic heterocycles. The van der Waals surface area contributed by atoms with Gasteiger partial charge in [-0.2, -0.15) is 0 Å². The molecule has 0 aliphatic carbocycles. The fourth-order valence-electron chi connectivity index (χ4n) is 9.07. The van der Waals surface area contributed by atoms with Crippen LogP contribution in [0, 0.1) is 0 Å². The van der Waals surface area contributed by atoms with Crippen molar-refractivity contribution in [1.82, 2.24) is 0 Å². The van der Waals surface area contributed by atoms with Crippen LogP contribution in [0.15, 0.2) is 72.8 Å². The first-order valence-electron chi connectivity index (χ1n) is 20.3. The van der Waals surface area contributed by atoms with Gasteiger partial charge in [0.25, 0.3) is 0 Å². The van der Waals surface area contributed by atoms with Gasteiger partial charge in [0.2, 0.25) is 11.9 Å². The second-order valence-electron chi connectivity index (χ2n) is 15.2. The highest BCUT2D eigenvalue weighted by molar-refractivity contribution is 5.86. The number of carbonyl (C=O) groups excluding carboxylic acids is 2. The molecule has 2 bridgehead atoms. The van der Waals surface area contributed by atoms with E-state index in [0.29, 0.717) is 23.2 Å². The summed E-state index contributed by atoms with van der Waals surface area (Å²) in [7, 11) is 0. The molecule has 5 rings (SSSR count). The smallest absolute Gasteiger partial charge is 0.459 e. The topological polar surface area (TPSA) is 71.1 Å². The minimum atomic E-state index is -1.62. The number of quaternary nitrogens is 1. The number of hydrogen-bond donors (Lipinski definition) is 0. The number of carbonyl (C=O) groups is 2. The Morgan fingerprint density at radius 1 is 0.765 bits per heavy atom. The molecule has 3 heterocycles. The lowest BCUT2D eigenvalue weighted by Crippen LogP contribution is -2.60. The number of piperidine rings is 1. The summed E-state index contributed by atoms with van der Waals surface area (Å²) in [5, 5.41) is 0. The van der Waals surface area contributed by atoms with Crippen LogP contribution in [0.1, 0.15) is 141 Å². The van der Waals surface area contributed by atoms with E-state index in [0.717, 1.165) is 44.9 Å². The lowest BCUT2D eigenvalue weighted by molar-refractivity contribution is -0.956. The van der Waals surface area contributed by atoms with Crippen LogP contribution in [0.2, 0.25) is 0 Å². The van der Waals surface area contributed by atoms with Crippen molar-refractivity contribution in [2.24, 2.45) is 0 Å². The first-order chi connectivity index (χ1) is 25.0. The number of rotatable bonds is 21. The van der Waals surface area contributed by atoms with Crippen LogP contribution in [-0.4, -0.2) is 60.8 Å². The Hall–Kier alpha value is -3.16. The van der Waals surface area contributed by atoms with Crippen LogP contribution in [0.3, 0.4) is 0 Å². The van der Waals surface area contributed by atoms with E-state index < -0.39 is 24.0 Å². The molecule has 7 heteroatoms. The van der Waals surface area contributed by atoms with Crippen LogP contribution in [0.25, 0.3) is 0 Å². The molecule has 0 N–H and O–H groups in total. The zero-order valence-electron chi connectivity index (χ0n) is 31.5. The zero-order chi connectivity index (χ0) is 35.8. The molecule has 3 atom stereocenters. The highest BCUT2D eigenvalue weighted by atomic mass is 16.8. The van der Waals surface area contributed by atoms with Gasteiger partial charge in [0.05, 0.1) is 31.8 Å². The van der Waals surface area contributed by atoms with Crippen molar-refractivity contribution in [1.29, 1.82) is 0 Å². The zero-order valence-corrected chi connectivity index (χ0v) is 31.5. The Labute approximate surface area is 307 Å². The van der Waals surface area contributed by atoms with Crippen LogP contribution in [0.5, 0.6) is 0 Å². The summed E-state index contributed by atoms with van der Waals surface area (Å²) in [6, 6.07) is 20.0. The molecule has 1 spiro atoms. The average molecular weight is 703 g/mol. The van der Waals surface area contributed by atoms with Crippen molar-refractivity contribution in [2.75, 3.05) is 19.7 Å². The first kappa shape index (κ1) is 39.1. The highest BCUT2D eigenvalue weighted by Gasteiger charge is 2.57. The predicted octanol–water partition coefficient (Wildman–Crippen LogP) is 10.6. The third-order valence-electron chi connectivity index (χ3n) is 11.7. The molecule has 2 aromatic rings. The number of nitrogens with zero attached hydrogens (tertiary/aromatic N) is 1. The molecular formula is C44H64NO6+. The Bertz CT molecular complexity index is 1280. The minimum absolute atomic E-state index is 0.169. The third-order valence-corrected chi connectivity index (χ3v) is 11.7. The predicted molar refractivity (Wildman–Crippen MR) is 202 cm³/mol. The molecule has 3 saturated heterocycles. The number of benzene rings is 2. The van der Waals surface area contributed by atoms with Crippen LogP contribution in [0.4, 0.5) is 4.79 Å². The molecule has 3 aliphatic rings. The Morgan fingerprint density at radius 3 is 1.86 bits per heavy atom. The van der Waals surface area contributed by atoms with Gasteiger partial charge >= 0.3 is 12.1 Å². The first-order valence-corrected chi connectivity index (χ1v) is 20.3. The number of unbranched alkanes of at least 4 members (excludes halogenated alkanes) is 10. The molecule has 7 nitrogen and oxygen atoms in total. The highest BCUT2D eigenvalue weighted by Crippen LogP contribution is 2.47. The SMILES string of the molecule is CCCCCCCC/C=C\CCCCCCOC(=O)OC(C)OC(C(=O)OC1CC2CCC(C1)[N+]21CCCC1)(c1ccccc1)c1ccccc1. The van der Waals surface area contributed by atoms with Crippen molar-refractivity contribution in [2.45, 2.75) is 160 Å². The molecular weight excluding hydrogens is 638 g/mol. The molecule has 3 unspecified atom stereocenters. The molecule has 280 valence electrons. The maximum atomic E-state index is 14.6. The van der Waals surface area contributed by atoms with E-state index in [9.17, 15) is 9.59 Å². The fraction of sp³-hybridized carbons (Fsp3) is 0.636. The lowest BCUT2D eigenvalue weighted by atomic mass is 9.85. The fourth-order valence-corrected chi connectivity index (χ4v) is 9.07. The van der Waals surface area contributed by atoms with E-state index in [4.69, 9.17) is 18.9 Å². The summed E-state index contributed by atoms with van der Waals surface area (Å²) in [6.07, 6.45) is 23.7. The van der Waals surface area contributed by atoms with E-state index in [-0.39, 0.29) is 12.7 Å². The quantitative estimate of drug-likeness (QED) is 0.0424. The van der Waals surface area contributed by atoms with Gasteiger partial charge in [-0.05, 0) is 50.2 Å². The van der Waals surface area contributed by atoms with Crippen LogP contribution >= 0.6 is 0 Å². The molecule has 0 saturated carbocycles. The van der Waals surface area contributed by atoms with Crippen molar-refractivity contribution in [3.63, 3.8) is 0 Å². The van der Waals surface area contributed by atoms with Gasteiger partial charge in [0.15, 0.2) is 0 Å². The standard InChI is InChI=1S/C44H64NO6/c1-3-4-5-6-7-8-9-10-11-12-13-14-15-24-33-48-43(47)49-36(2)51-44(37-25-18-16-19-26-37,38-27-20-17-21-28-38)42(46)50-41-34-39-29-30-40(35-41)45(39)31-22-23-32-45/h10-11,16-21,25-28,36,39-41H,3-9,12-15,22-24,29-35H2,1-2H3/q+1/b11-10-. The van der Waals surface area contributed by atoms with Gasteiger partial charge in [0.1, 0.15) is 6.10 Å². The minimum Gasteiger partial charge on any atom is -0.459 e. The Kier molecular flexibility index (Phi) is 15.5. The van der Waals surface area contributed by atoms with Gasteiger partial charge in [-0.1, -0.05) is 125 Å². The largest absolute Gasteiger partial charge is 0.510 e. The molecule has 0 radical (unpaired) electrons. The van der Waals surface area contributed by atoms with Gasteiger partial charge < -0.3 is 23.4 Å². The molecule has 3 aliphatic heterocycles. The van der Waals surface area contributed by atoms with E-state index in [2.05, 4.69) is 19.1 Å². The van der Waals surface area contributed by atoms with E-state index in [1.165, 1.54) is 88.2 Å². The molecule has 51 heavy (non-hydrogen) atoms. The normalized spacial score (nSPS) is 21.6.